The van der Waals surface area contributed by atoms with Crippen LogP contribution in [0.5, 0.6) is 0 Å². The van der Waals surface area contributed by atoms with Gasteiger partial charge in [-0.05, 0) is 50.0 Å². The molecule has 0 bridgehead atoms. The lowest BCUT2D eigenvalue weighted by molar-refractivity contribution is -0.202. The van der Waals surface area contributed by atoms with Crippen molar-refractivity contribution in [3.8, 4) is 0 Å². The average Bonchev–Trinajstić information content (AvgIpc) is 3.26. The van der Waals surface area contributed by atoms with Crippen molar-refractivity contribution in [3.05, 3.63) is 70.1 Å². The van der Waals surface area contributed by atoms with E-state index < -0.39 is 30.6 Å². The predicted molar refractivity (Wildman–Crippen MR) is 144 cm³/mol. The van der Waals surface area contributed by atoms with Gasteiger partial charge < -0.3 is 18.9 Å². The molecule has 42 heavy (non-hydrogen) atoms. The molecular formula is C29H28ClF4N3O5. The number of para-hydroxylation sites is 1. The standard InChI is InChI=1S/C29H28ClF4N3O5/c30-21-5-3-6-22(31)25(21)18-8-10-35(11-9-18)16-20-19-4-1-2-7-23(19)37(17-24(38)42-28(40)29(32,33)34)26(20)27(39)36-12-14-41-15-13-36/h1-7,18H,8-17H2. The minimum Gasteiger partial charge on any atom is -0.385 e. The van der Waals surface area contributed by atoms with Crippen LogP contribution in [0, 0.1) is 5.82 Å². The molecular weight excluding hydrogens is 582 g/mol. The first kappa shape index (κ1) is 30.0. The number of nitrogens with zero attached hydrogens (tertiary/aromatic N) is 3. The molecule has 0 unspecified atom stereocenters. The van der Waals surface area contributed by atoms with Crippen molar-refractivity contribution in [2.24, 2.45) is 0 Å². The van der Waals surface area contributed by atoms with Gasteiger partial charge in [-0.15, -0.1) is 0 Å². The number of likely N-dealkylation sites (tertiary alicyclic amines) is 1. The molecule has 2 saturated heterocycles. The van der Waals surface area contributed by atoms with Crippen LogP contribution < -0.4 is 0 Å². The van der Waals surface area contributed by atoms with Crippen molar-refractivity contribution < 1.29 is 41.4 Å². The van der Waals surface area contributed by atoms with E-state index in [9.17, 15) is 31.9 Å². The lowest BCUT2D eigenvalue weighted by Gasteiger charge is -2.33. The summed E-state index contributed by atoms with van der Waals surface area (Å²) in [6.07, 6.45) is -4.10. The highest BCUT2D eigenvalue weighted by Crippen LogP contribution is 2.36. The number of amides is 1. The summed E-state index contributed by atoms with van der Waals surface area (Å²) in [6.45, 7) is 1.89. The lowest BCUT2D eigenvalue weighted by Crippen LogP contribution is -2.42. The summed E-state index contributed by atoms with van der Waals surface area (Å²) in [5.41, 5.74) is 1.66. The molecule has 1 aromatic heterocycles. The fourth-order valence-corrected chi connectivity index (χ4v) is 6.00. The van der Waals surface area contributed by atoms with Crippen LogP contribution in [0.25, 0.3) is 10.9 Å². The number of aromatic nitrogens is 1. The number of rotatable bonds is 6. The summed E-state index contributed by atoms with van der Waals surface area (Å²) < 4.78 is 63.6. The number of alkyl halides is 3. The van der Waals surface area contributed by atoms with Crippen molar-refractivity contribution in [1.29, 1.82) is 0 Å². The molecule has 8 nitrogen and oxygen atoms in total. The highest BCUT2D eigenvalue weighted by molar-refractivity contribution is 6.31. The molecule has 0 saturated carbocycles. The number of hydrogen-bond donors (Lipinski definition) is 0. The molecule has 2 aliphatic rings. The maximum atomic E-state index is 14.6. The minimum absolute atomic E-state index is 0.0771. The first-order valence-corrected chi connectivity index (χ1v) is 13.9. The van der Waals surface area contributed by atoms with Gasteiger partial charge in [0.25, 0.3) is 5.91 Å². The molecule has 0 spiro atoms. The van der Waals surface area contributed by atoms with Crippen molar-refractivity contribution >= 4 is 40.3 Å². The number of morpholine rings is 1. The maximum absolute atomic E-state index is 14.6. The van der Waals surface area contributed by atoms with Crippen molar-refractivity contribution in [3.63, 3.8) is 0 Å². The Labute approximate surface area is 243 Å². The molecule has 2 aliphatic heterocycles. The van der Waals surface area contributed by atoms with Crippen LogP contribution in [0.4, 0.5) is 17.6 Å². The Morgan fingerprint density at radius 2 is 1.67 bits per heavy atom. The first-order chi connectivity index (χ1) is 20.0. The number of carbonyl (C=O) groups is 3. The van der Waals surface area contributed by atoms with Gasteiger partial charge in [0.05, 0.1) is 13.2 Å². The first-order valence-electron chi connectivity index (χ1n) is 13.5. The van der Waals surface area contributed by atoms with Crippen molar-refractivity contribution in [1.82, 2.24) is 14.4 Å². The van der Waals surface area contributed by atoms with E-state index in [0.717, 1.165) is 0 Å². The molecule has 0 N–H and O–H groups in total. The molecule has 5 rings (SSSR count). The molecule has 2 aromatic carbocycles. The van der Waals surface area contributed by atoms with E-state index >= 15 is 0 Å². The molecule has 13 heteroatoms. The van der Waals surface area contributed by atoms with Crippen LogP contribution in [-0.2, 0) is 32.2 Å². The number of hydrogen-bond acceptors (Lipinski definition) is 6. The minimum atomic E-state index is -5.34. The smallest absolute Gasteiger partial charge is 0.385 e. The number of carbonyl (C=O) groups excluding carboxylic acids is 3. The van der Waals surface area contributed by atoms with Crippen LogP contribution in [0.15, 0.2) is 42.5 Å². The van der Waals surface area contributed by atoms with E-state index in [2.05, 4.69) is 9.64 Å². The second-order valence-corrected chi connectivity index (χ2v) is 10.7. The van der Waals surface area contributed by atoms with Gasteiger partial charge in [-0.2, -0.15) is 13.2 Å². The van der Waals surface area contributed by atoms with Gasteiger partial charge in [0.1, 0.15) is 18.1 Å². The van der Waals surface area contributed by atoms with Gasteiger partial charge in [0.2, 0.25) is 0 Å². The summed E-state index contributed by atoms with van der Waals surface area (Å²) in [5, 5.41) is 1.02. The Morgan fingerprint density at radius 1 is 0.976 bits per heavy atom. The van der Waals surface area contributed by atoms with Gasteiger partial charge in [0.15, 0.2) is 0 Å². The van der Waals surface area contributed by atoms with E-state index in [1.807, 2.05) is 0 Å². The summed E-state index contributed by atoms with van der Waals surface area (Å²) in [5.74, 6) is -4.90. The normalized spacial score (nSPS) is 17.0. The topological polar surface area (TPSA) is 81.1 Å². The third-order valence-electron chi connectivity index (χ3n) is 7.68. The average molecular weight is 610 g/mol. The highest BCUT2D eigenvalue weighted by atomic mass is 35.5. The number of piperidine rings is 1. The van der Waals surface area contributed by atoms with E-state index in [4.69, 9.17) is 16.3 Å². The van der Waals surface area contributed by atoms with Gasteiger partial charge in [0, 0.05) is 46.7 Å². The Morgan fingerprint density at radius 3 is 2.33 bits per heavy atom. The zero-order valence-corrected chi connectivity index (χ0v) is 23.2. The van der Waals surface area contributed by atoms with Gasteiger partial charge in [-0.3, -0.25) is 9.69 Å². The molecule has 3 heterocycles. The lowest BCUT2D eigenvalue weighted by atomic mass is 9.88. The Hall–Kier alpha value is -3.48. The number of halogens is 5. The quantitative estimate of drug-likeness (QED) is 0.224. The Balaban J connectivity index is 1.46. The van der Waals surface area contributed by atoms with Crippen molar-refractivity contribution in [2.45, 2.75) is 38.0 Å². The summed E-state index contributed by atoms with van der Waals surface area (Å²) >= 11 is 6.30. The highest BCUT2D eigenvalue weighted by Gasteiger charge is 2.42. The zero-order valence-electron chi connectivity index (χ0n) is 22.5. The van der Waals surface area contributed by atoms with E-state index in [1.54, 1.807) is 41.3 Å². The molecule has 0 radical (unpaired) electrons. The van der Waals surface area contributed by atoms with Crippen LogP contribution in [0.1, 0.15) is 40.4 Å². The molecule has 0 aliphatic carbocycles. The Kier molecular flexibility index (Phi) is 8.86. The van der Waals surface area contributed by atoms with E-state index in [-0.39, 0.29) is 17.4 Å². The third-order valence-corrected chi connectivity index (χ3v) is 8.01. The number of benzene rings is 2. The van der Waals surface area contributed by atoms with E-state index in [0.29, 0.717) is 85.8 Å². The predicted octanol–water partition coefficient (Wildman–Crippen LogP) is 4.92. The zero-order chi connectivity index (χ0) is 30.0. The monoisotopic (exact) mass is 609 g/mol. The fraction of sp³-hybridized carbons (Fsp3) is 0.414. The summed E-state index contributed by atoms with van der Waals surface area (Å²) in [7, 11) is 0. The van der Waals surface area contributed by atoms with E-state index in [1.165, 1.54) is 10.6 Å². The summed E-state index contributed by atoms with van der Waals surface area (Å²) in [6, 6.07) is 11.5. The SMILES string of the molecule is O=C(Cn1c(C(=O)N2CCOCC2)c(CN2CCC(c3c(F)cccc3Cl)CC2)c2ccccc21)OC(=O)C(F)(F)F. The number of fused-ring (bicyclic) bond motifs is 1. The second-order valence-electron chi connectivity index (χ2n) is 10.3. The largest absolute Gasteiger partial charge is 0.491 e. The van der Waals surface area contributed by atoms with Crippen LogP contribution >= 0.6 is 11.6 Å². The Bertz CT molecular complexity index is 1470. The van der Waals surface area contributed by atoms with Crippen LogP contribution in [0.3, 0.4) is 0 Å². The number of esters is 2. The molecule has 2 fully saturated rings. The van der Waals surface area contributed by atoms with Gasteiger partial charge in [-0.25, -0.2) is 14.0 Å². The maximum Gasteiger partial charge on any atom is 0.491 e. The van der Waals surface area contributed by atoms with Crippen LogP contribution in [-0.4, -0.2) is 77.8 Å². The molecule has 0 atom stereocenters. The van der Waals surface area contributed by atoms with Gasteiger partial charge >= 0.3 is 18.1 Å². The molecule has 224 valence electrons. The molecule has 1 amide bonds. The fourth-order valence-electron chi connectivity index (χ4n) is 5.69. The van der Waals surface area contributed by atoms with Gasteiger partial charge in [-0.1, -0.05) is 35.9 Å². The third kappa shape index (κ3) is 6.30. The molecule has 3 aromatic rings. The summed E-state index contributed by atoms with van der Waals surface area (Å²) in [4.78, 5) is 41.4. The van der Waals surface area contributed by atoms with Crippen molar-refractivity contribution in [2.75, 3.05) is 39.4 Å². The second kappa shape index (κ2) is 12.4. The van der Waals surface area contributed by atoms with Crippen LogP contribution in [0.2, 0.25) is 5.02 Å². The number of ether oxygens (including phenoxy) is 2.